The first kappa shape index (κ1) is 16.9. The molecular formula is C17H20FN3O2S. The van der Waals surface area contributed by atoms with Gasteiger partial charge in [0.1, 0.15) is 5.69 Å². The molecule has 7 heteroatoms. The van der Waals surface area contributed by atoms with Gasteiger partial charge in [-0.3, -0.25) is 9.69 Å². The summed E-state index contributed by atoms with van der Waals surface area (Å²) in [5.41, 5.74) is 3.21. The molecule has 5 nitrogen and oxygen atoms in total. The first-order chi connectivity index (χ1) is 11.7. The summed E-state index contributed by atoms with van der Waals surface area (Å²) in [7, 11) is 1.47. The number of thiazole rings is 1. The maximum atomic E-state index is 13.5. The molecule has 0 spiro atoms. The first-order valence-corrected chi connectivity index (χ1v) is 8.84. The van der Waals surface area contributed by atoms with Gasteiger partial charge in [0.05, 0.1) is 12.6 Å². The Bertz CT molecular complexity index is 693. The van der Waals surface area contributed by atoms with Crippen LogP contribution < -0.4 is 4.74 Å². The van der Waals surface area contributed by atoms with E-state index in [2.05, 4.69) is 9.88 Å². The van der Waals surface area contributed by atoms with Gasteiger partial charge in [-0.05, 0) is 24.1 Å². The fourth-order valence-corrected chi connectivity index (χ4v) is 3.40. The van der Waals surface area contributed by atoms with Crippen LogP contribution in [0.1, 0.15) is 22.5 Å². The number of hydrogen-bond acceptors (Lipinski definition) is 5. The average molecular weight is 349 g/mol. The molecule has 0 bridgehead atoms. The molecule has 1 fully saturated rings. The molecule has 0 N–H and O–H groups in total. The highest BCUT2D eigenvalue weighted by molar-refractivity contribution is 7.07. The van der Waals surface area contributed by atoms with Crippen molar-refractivity contribution in [2.45, 2.75) is 13.0 Å². The Morgan fingerprint density at radius 1 is 1.33 bits per heavy atom. The number of carbonyl (C=O) groups is 1. The predicted molar refractivity (Wildman–Crippen MR) is 90.9 cm³/mol. The Morgan fingerprint density at radius 3 is 2.96 bits per heavy atom. The van der Waals surface area contributed by atoms with Crippen LogP contribution in [-0.2, 0) is 6.54 Å². The molecule has 1 aliphatic rings. The molecule has 1 aromatic heterocycles. The molecule has 1 aliphatic heterocycles. The van der Waals surface area contributed by atoms with Crippen LogP contribution in [-0.4, -0.2) is 54.0 Å². The Morgan fingerprint density at radius 2 is 2.21 bits per heavy atom. The highest BCUT2D eigenvalue weighted by atomic mass is 32.1. The lowest BCUT2D eigenvalue weighted by molar-refractivity contribution is 0.0756. The zero-order valence-electron chi connectivity index (χ0n) is 13.6. The summed E-state index contributed by atoms with van der Waals surface area (Å²) >= 11 is 1.43. The number of ether oxygens (including phenoxy) is 1. The second-order valence-corrected chi connectivity index (χ2v) is 6.48. The largest absolute Gasteiger partial charge is 0.494 e. The maximum Gasteiger partial charge on any atom is 0.273 e. The molecule has 2 aromatic rings. The van der Waals surface area contributed by atoms with Crippen LogP contribution in [0, 0.1) is 5.82 Å². The van der Waals surface area contributed by atoms with E-state index in [1.165, 1.54) is 24.5 Å². The molecule has 0 aliphatic carbocycles. The van der Waals surface area contributed by atoms with Crippen molar-refractivity contribution in [3.8, 4) is 5.75 Å². The van der Waals surface area contributed by atoms with Crippen molar-refractivity contribution in [3.63, 3.8) is 0 Å². The zero-order valence-corrected chi connectivity index (χ0v) is 14.4. The van der Waals surface area contributed by atoms with Crippen LogP contribution >= 0.6 is 11.3 Å². The molecule has 128 valence electrons. The van der Waals surface area contributed by atoms with Gasteiger partial charge in [-0.1, -0.05) is 6.07 Å². The van der Waals surface area contributed by atoms with Crippen LogP contribution in [0.25, 0.3) is 0 Å². The van der Waals surface area contributed by atoms with Gasteiger partial charge < -0.3 is 9.64 Å². The minimum atomic E-state index is -0.350. The number of halogens is 1. The standard InChI is InChI=1S/C17H20FN3O2S/c1-23-16-9-13(3-4-14(16)18)10-20-5-2-6-21(8-7-20)17(22)15-11-24-12-19-15/h3-4,9,11-12H,2,5-8,10H2,1H3. The summed E-state index contributed by atoms with van der Waals surface area (Å²) in [4.78, 5) is 20.6. The summed E-state index contributed by atoms with van der Waals surface area (Å²) in [6.07, 6.45) is 0.911. The summed E-state index contributed by atoms with van der Waals surface area (Å²) in [5.74, 6) is -0.0821. The van der Waals surface area contributed by atoms with Crippen molar-refractivity contribution in [2.24, 2.45) is 0 Å². The number of amides is 1. The lowest BCUT2D eigenvalue weighted by atomic mass is 10.2. The molecular weight excluding hydrogens is 329 g/mol. The van der Waals surface area contributed by atoms with E-state index < -0.39 is 0 Å². The van der Waals surface area contributed by atoms with Gasteiger partial charge in [0.2, 0.25) is 0 Å². The van der Waals surface area contributed by atoms with Crippen molar-refractivity contribution < 1.29 is 13.9 Å². The lowest BCUT2D eigenvalue weighted by Gasteiger charge is -2.21. The minimum absolute atomic E-state index is 0.00144. The monoisotopic (exact) mass is 349 g/mol. The molecule has 3 rings (SSSR count). The van der Waals surface area contributed by atoms with E-state index >= 15 is 0 Å². The van der Waals surface area contributed by atoms with E-state index in [1.54, 1.807) is 23.0 Å². The smallest absolute Gasteiger partial charge is 0.273 e. The lowest BCUT2D eigenvalue weighted by Crippen LogP contribution is -2.35. The van der Waals surface area contributed by atoms with E-state index in [-0.39, 0.29) is 17.5 Å². The summed E-state index contributed by atoms with van der Waals surface area (Å²) in [6.45, 7) is 3.82. The van der Waals surface area contributed by atoms with E-state index in [4.69, 9.17) is 4.74 Å². The van der Waals surface area contributed by atoms with Gasteiger partial charge in [-0.2, -0.15) is 0 Å². The molecule has 24 heavy (non-hydrogen) atoms. The predicted octanol–water partition coefficient (Wildman–Crippen LogP) is 2.64. The topological polar surface area (TPSA) is 45.7 Å². The third-order valence-corrected chi connectivity index (χ3v) is 4.74. The Labute approximate surface area is 144 Å². The van der Waals surface area contributed by atoms with E-state index in [0.717, 1.165) is 38.2 Å². The van der Waals surface area contributed by atoms with Crippen LogP contribution in [0.4, 0.5) is 4.39 Å². The molecule has 1 saturated heterocycles. The number of rotatable bonds is 4. The Hall–Kier alpha value is -1.99. The van der Waals surface area contributed by atoms with E-state index in [9.17, 15) is 9.18 Å². The first-order valence-electron chi connectivity index (χ1n) is 7.89. The molecule has 0 unspecified atom stereocenters. The number of hydrogen-bond donors (Lipinski definition) is 0. The fraction of sp³-hybridized carbons (Fsp3) is 0.412. The second kappa shape index (κ2) is 7.72. The third kappa shape index (κ3) is 3.91. The van der Waals surface area contributed by atoms with Crippen molar-refractivity contribution in [2.75, 3.05) is 33.3 Å². The van der Waals surface area contributed by atoms with Crippen LogP contribution in [0.15, 0.2) is 29.1 Å². The summed E-state index contributed by atoms with van der Waals surface area (Å²) in [6, 6.07) is 4.95. The molecule has 2 heterocycles. The number of methoxy groups -OCH3 is 1. The van der Waals surface area contributed by atoms with Gasteiger partial charge in [0, 0.05) is 38.1 Å². The highest BCUT2D eigenvalue weighted by Gasteiger charge is 2.21. The molecule has 0 radical (unpaired) electrons. The minimum Gasteiger partial charge on any atom is -0.494 e. The van der Waals surface area contributed by atoms with Gasteiger partial charge in [0.25, 0.3) is 5.91 Å². The average Bonchev–Trinajstić information content (AvgIpc) is 3.03. The SMILES string of the molecule is COc1cc(CN2CCCN(C(=O)c3cscn3)CC2)ccc1F. The summed E-state index contributed by atoms with van der Waals surface area (Å²) < 4.78 is 18.5. The van der Waals surface area contributed by atoms with Gasteiger partial charge in [-0.15, -0.1) is 11.3 Å². The molecule has 0 atom stereocenters. The quantitative estimate of drug-likeness (QED) is 0.851. The van der Waals surface area contributed by atoms with Gasteiger partial charge in [-0.25, -0.2) is 9.37 Å². The van der Waals surface area contributed by atoms with Crippen molar-refractivity contribution >= 4 is 17.2 Å². The molecule has 1 aromatic carbocycles. The number of carbonyl (C=O) groups excluding carboxylic acids is 1. The zero-order chi connectivity index (χ0) is 16.9. The summed E-state index contributed by atoms with van der Waals surface area (Å²) in [5, 5.41) is 1.79. The third-order valence-electron chi connectivity index (χ3n) is 4.15. The maximum absolute atomic E-state index is 13.5. The van der Waals surface area contributed by atoms with Crippen LogP contribution in [0.5, 0.6) is 5.75 Å². The van der Waals surface area contributed by atoms with E-state index in [0.29, 0.717) is 12.2 Å². The van der Waals surface area contributed by atoms with Gasteiger partial charge in [0.15, 0.2) is 11.6 Å². The van der Waals surface area contributed by atoms with E-state index in [1.807, 2.05) is 4.90 Å². The number of aromatic nitrogens is 1. The van der Waals surface area contributed by atoms with Crippen LogP contribution in [0.2, 0.25) is 0 Å². The highest BCUT2D eigenvalue weighted by Crippen LogP contribution is 2.20. The fourth-order valence-electron chi connectivity index (χ4n) is 2.87. The Balaban J connectivity index is 1.60. The Kier molecular flexibility index (Phi) is 5.42. The normalized spacial score (nSPS) is 16.0. The van der Waals surface area contributed by atoms with Crippen LogP contribution in [0.3, 0.4) is 0 Å². The molecule has 0 saturated carbocycles. The number of nitrogens with zero attached hydrogens (tertiary/aromatic N) is 3. The van der Waals surface area contributed by atoms with Crippen molar-refractivity contribution in [3.05, 3.63) is 46.2 Å². The van der Waals surface area contributed by atoms with Crippen molar-refractivity contribution in [1.29, 1.82) is 0 Å². The molecule has 1 amide bonds. The van der Waals surface area contributed by atoms with Gasteiger partial charge >= 0.3 is 0 Å². The number of benzene rings is 1. The van der Waals surface area contributed by atoms with Crippen molar-refractivity contribution in [1.82, 2.24) is 14.8 Å². The second-order valence-electron chi connectivity index (χ2n) is 5.76.